The molecule has 0 aliphatic carbocycles. The van der Waals surface area contributed by atoms with E-state index in [1.54, 1.807) is 17.1 Å². The molecule has 4 nitrogen and oxygen atoms in total. The van der Waals surface area contributed by atoms with Crippen LogP contribution in [0, 0.1) is 0 Å². The third-order valence-electron chi connectivity index (χ3n) is 2.38. The number of aryl methyl sites for hydroxylation is 1. The third kappa shape index (κ3) is 3.47. The molecule has 1 aromatic rings. The molecule has 0 aliphatic rings. The number of aromatic nitrogens is 2. The third-order valence-corrected chi connectivity index (χ3v) is 2.38. The molecule has 2 N–H and O–H groups in total. The first kappa shape index (κ1) is 11.9. The number of nitrogens with zero attached hydrogens (tertiary/aromatic N) is 2. The molecule has 0 saturated carbocycles. The van der Waals surface area contributed by atoms with Gasteiger partial charge in [-0.25, -0.2) is 0 Å². The number of hydrogen-bond acceptors (Lipinski definition) is 3. The maximum absolute atomic E-state index is 11.7. The molecule has 0 bridgehead atoms. The van der Waals surface area contributed by atoms with E-state index in [0.29, 0.717) is 12.0 Å². The van der Waals surface area contributed by atoms with E-state index in [-0.39, 0.29) is 11.8 Å². The predicted octanol–water partition coefficient (Wildman–Crippen LogP) is 1.60. The lowest BCUT2D eigenvalue weighted by molar-refractivity contribution is 0.0974. The Balaban J connectivity index is 2.58. The van der Waals surface area contributed by atoms with Crippen molar-refractivity contribution in [3.05, 3.63) is 18.0 Å². The van der Waals surface area contributed by atoms with E-state index in [2.05, 4.69) is 12.0 Å². The first-order chi connectivity index (χ1) is 7.17. The van der Waals surface area contributed by atoms with Gasteiger partial charge in [0.25, 0.3) is 0 Å². The van der Waals surface area contributed by atoms with Crippen molar-refractivity contribution in [2.75, 3.05) is 0 Å². The van der Waals surface area contributed by atoms with Gasteiger partial charge in [0.05, 0.1) is 11.8 Å². The Morgan fingerprint density at radius 1 is 1.60 bits per heavy atom. The van der Waals surface area contributed by atoms with Gasteiger partial charge in [0.1, 0.15) is 0 Å². The number of Topliss-reactive ketones (excluding diaryl/α,β-unsaturated/α-hetero) is 1. The van der Waals surface area contributed by atoms with E-state index in [4.69, 9.17) is 5.73 Å². The summed E-state index contributed by atoms with van der Waals surface area (Å²) in [5.74, 6) is 0.0895. The van der Waals surface area contributed by atoms with Gasteiger partial charge in [-0.15, -0.1) is 0 Å². The zero-order chi connectivity index (χ0) is 11.3. The Hall–Kier alpha value is -1.16. The predicted molar refractivity (Wildman–Crippen MR) is 59.7 cm³/mol. The Morgan fingerprint density at radius 3 is 2.93 bits per heavy atom. The molecule has 0 fully saturated rings. The lowest BCUT2D eigenvalue weighted by Gasteiger charge is -2.05. The second-order valence-electron chi connectivity index (χ2n) is 3.79. The van der Waals surface area contributed by atoms with Crippen LogP contribution in [-0.2, 0) is 6.54 Å². The van der Waals surface area contributed by atoms with Crippen molar-refractivity contribution in [3.8, 4) is 0 Å². The number of carbonyl (C=O) groups is 1. The maximum atomic E-state index is 11.7. The maximum Gasteiger partial charge on any atom is 0.167 e. The normalized spacial score (nSPS) is 12.7. The number of hydrogen-bond donors (Lipinski definition) is 1. The molecule has 1 rings (SSSR count). The molecular formula is C11H19N3O. The Morgan fingerprint density at radius 2 is 2.33 bits per heavy atom. The Labute approximate surface area is 90.5 Å². The first-order valence-corrected chi connectivity index (χ1v) is 5.48. The second-order valence-corrected chi connectivity index (χ2v) is 3.79. The van der Waals surface area contributed by atoms with Crippen molar-refractivity contribution in [1.29, 1.82) is 0 Å². The summed E-state index contributed by atoms with van der Waals surface area (Å²) in [7, 11) is 0. The van der Waals surface area contributed by atoms with Crippen LogP contribution in [0.25, 0.3) is 0 Å². The van der Waals surface area contributed by atoms with Gasteiger partial charge in [0.2, 0.25) is 0 Å². The molecule has 15 heavy (non-hydrogen) atoms. The smallest absolute Gasteiger partial charge is 0.167 e. The van der Waals surface area contributed by atoms with Crippen molar-refractivity contribution >= 4 is 5.78 Å². The summed E-state index contributed by atoms with van der Waals surface area (Å²) in [6.45, 7) is 4.92. The highest BCUT2D eigenvalue weighted by Gasteiger charge is 2.11. The number of ketones is 1. The van der Waals surface area contributed by atoms with Crippen LogP contribution in [0.15, 0.2) is 12.4 Å². The largest absolute Gasteiger partial charge is 0.327 e. The zero-order valence-electron chi connectivity index (χ0n) is 9.44. The average molecular weight is 209 g/mol. The quantitative estimate of drug-likeness (QED) is 0.724. The average Bonchev–Trinajstić information content (AvgIpc) is 2.67. The van der Waals surface area contributed by atoms with E-state index in [0.717, 1.165) is 19.4 Å². The topological polar surface area (TPSA) is 60.9 Å². The highest BCUT2D eigenvalue weighted by Crippen LogP contribution is 2.06. The summed E-state index contributed by atoms with van der Waals surface area (Å²) >= 11 is 0. The fraction of sp³-hybridized carbons (Fsp3) is 0.636. The van der Waals surface area contributed by atoms with Crippen LogP contribution in [0.3, 0.4) is 0 Å². The summed E-state index contributed by atoms with van der Waals surface area (Å²) in [5, 5.41) is 4.12. The van der Waals surface area contributed by atoms with Gasteiger partial charge in [-0.1, -0.05) is 13.8 Å². The van der Waals surface area contributed by atoms with Crippen LogP contribution in [0.4, 0.5) is 0 Å². The molecule has 1 heterocycles. The van der Waals surface area contributed by atoms with Crippen LogP contribution >= 0.6 is 0 Å². The van der Waals surface area contributed by atoms with Gasteiger partial charge in [-0.3, -0.25) is 9.48 Å². The molecule has 1 aromatic heterocycles. The van der Waals surface area contributed by atoms with Gasteiger partial charge in [-0.2, -0.15) is 5.10 Å². The van der Waals surface area contributed by atoms with Gasteiger partial charge in [0, 0.05) is 25.2 Å². The fourth-order valence-corrected chi connectivity index (χ4v) is 1.36. The van der Waals surface area contributed by atoms with Crippen molar-refractivity contribution in [2.45, 2.75) is 45.7 Å². The fourth-order valence-electron chi connectivity index (χ4n) is 1.36. The van der Waals surface area contributed by atoms with Crippen LogP contribution in [0.2, 0.25) is 0 Å². The summed E-state index contributed by atoms with van der Waals surface area (Å²) in [6.07, 6.45) is 5.68. The molecule has 0 amide bonds. The first-order valence-electron chi connectivity index (χ1n) is 5.48. The van der Waals surface area contributed by atoms with Crippen molar-refractivity contribution in [2.24, 2.45) is 5.73 Å². The molecule has 0 saturated heterocycles. The van der Waals surface area contributed by atoms with E-state index in [1.807, 2.05) is 6.92 Å². The van der Waals surface area contributed by atoms with Gasteiger partial charge >= 0.3 is 0 Å². The number of rotatable bonds is 6. The summed E-state index contributed by atoms with van der Waals surface area (Å²) in [5.41, 5.74) is 6.40. The monoisotopic (exact) mass is 209 g/mol. The van der Waals surface area contributed by atoms with Crippen LogP contribution in [0.1, 0.15) is 43.5 Å². The van der Waals surface area contributed by atoms with Crippen LogP contribution in [0.5, 0.6) is 0 Å². The molecule has 0 aromatic carbocycles. The van der Waals surface area contributed by atoms with Crippen LogP contribution in [-0.4, -0.2) is 21.6 Å². The molecular weight excluding hydrogens is 190 g/mol. The summed E-state index contributed by atoms with van der Waals surface area (Å²) in [4.78, 5) is 11.7. The minimum atomic E-state index is -0.0352. The molecule has 1 unspecified atom stereocenters. The SMILES string of the molecule is CCCn1cc(C(=O)CC(N)CC)cn1. The molecule has 4 heteroatoms. The standard InChI is InChI=1S/C11H19N3O/c1-3-5-14-8-9(7-13-14)11(15)6-10(12)4-2/h7-8,10H,3-6,12H2,1-2H3. The zero-order valence-corrected chi connectivity index (χ0v) is 9.44. The van der Waals surface area contributed by atoms with E-state index < -0.39 is 0 Å². The van der Waals surface area contributed by atoms with E-state index in [1.165, 1.54) is 0 Å². The lowest BCUT2D eigenvalue weighted by Crippen LogP contribution is -2.22. The van der Waals surface area contributed by atoms with Crippen molar-refractivity contribution in [1.82, 2.24) is 9.78 Å². The summed E-state index contributed by atoms with van der Waals surface area (Å²) < 4.78 is 1.80. The van der Waals surface area contributed by atoms with Crippen molar-refractivity contribution in [3.63, 3.8) is 0 Å². The van der Waals surface area contributed by atoms with E-state index in [9.17, 15) is 4.79 Å². The lowest BCUT2D eigenvalue weighted by atomic mass is 10.1. The van der Waals surface area contributed by atoms with E-state index >= 15 is 0 Å². The minimum absolute atomic E-state index is 0.0352. The number of carbonyl (C=O) groups excluding carboxylic acids is 1. The molecule has 84 valence electrons. The molecule has 0 aliphatic heterocycles. The van der Waals surface area contributed by atoms with Crippen molar-refractivity contribution < 1.29 is 4.79 Å². The highest BCUT2D eigenvalue weighted by atomic mass is 16.1. The Kier molecular flexibility index (Phi) is 4.49. The van der Waals surface area contributed by atoms with Gasteiger partial charge in [0.15, 0.2) is 5.78 Å². The summed E-state index contributed by atoms with van der Waals surface area (Å²) in [6, 6.07) is -0.0352. The minimum Gasteiger partial charge on any atom is -0.327 e. The molecule has 0 radical (unpaired) electrons. The van der Waals surface area contributed by atoms with Crippen LogP contribution < -0.4 is 5.73 Å². The van der Waals surface area contributed by atoms with Gasteiger partial charge in [-0.05, 0) is 12.8 Å². The number of nitrogens with two attached hydrogens (primary N) is 1. The molecule has 1 atom stereocenters. The Bertz CT molecular complexity index is 319. The van der Waals surface area contributed by atoms with Gasteiger partial charge < -0.3 is 5.73 Å². The highest BCUT2D eigenvalue weighted by molar-refractivity contribution is 5.95. The molecule has 0 spiro atoms. The second kappa shape index (κ2) is 5.66.